The molecule has 0 aromatic heterocycles. The highest BCUT2D eigenvalue weighted by molar-refractivity contribution is 5.50. The van der Waals surface area contributed by atoms with Crippen molar-refractivity contribution in [3.63, 3.8) is 0 Å². The minimum absolute atomic E-state index is 0.134. The second-order valence-electron chi connectivity index (χ2n) is 7.49. The summed E-state index contributed by atoms with van der Waals surface area (Å²) in [6, 6.07) is 4.83. The van der Waals surface area contributed by atoms with Crippen molar-refractivity contribution in [1.29, 1.82) is 0 Å². The van der Waals surface area contributed by atoms with Crippen molar-refractivity contribution in [2.45, 2.75) is 64.0 Å². The Morgan fingerprint density at radius 3 is 2.27 bits per heavy atom. The normalized spacial score (nSPS) is 24.6. The van der Waals surface area contributed by atoms with Gasteiger partial charge in [0.1, 0.15) is 0 Å². The van der Waals surface area contributed by atoms with Crippen molar-refractivity contribution in [2.24, 2.45) is 5.92 Å². The van der Waals surface area contributed by atoms with Crippen molar-refractivity contribution in [3.8, 4) is 11.5 Å². The number of nitrogens with one attached hydrogen (secondary N) is 1. The molecule has 3 rings (SSSR count). The van der Waals surface area contributed by atoms with Gasteiger partial charge in [-0.1, -0.05) is 19.3 Å². The third-order valence-corrected chi connectivity index (χ3v) is 5.28. The lowest BCUT2D eigenvalue weighted by Crippen LogP contribution is -2.49. The molecule has 0 saturated heterocycles. The number of fused-ring (bicyclic) bond motifs is 1. The van der Waals surface area contributed by atoms with Crippen LogP contribution in [0.3, 0.4) is 0 Å². The fourth-order valence-electron chi connectivity index (χ4n) is 4.24. The van der Waals surface area contributed by atoms with Crippen LogP contribution in [0.25, 0.3) is 0 Å². The molecule has 0 spiro atoms. The zero-order chi connectivity index (χ0) is 15.7. The summed E-state index contributed by atoms with van der Waals surface area (Å²) >= 11 is 0. The Hall–Kier alpha value is -1.22. The second kappa shape index (κ2) is 6.11. The molecule has 3 nitrogen and oxygen atoms in total. The highest BCUT2D eigenvalue weighted by atomic mass is 16.5. The Morgan fingerprint density at radius 2 is 1.64 bits per heavy atom. The third-order valence-electron chi connectivity index (χ3n) is 5.28. The van der Waals surface area contributed by atoms with Gasteiger partial charge in [-0.2, -0.15) is 0 Å². The second-order valence-corrected chi connectivity index (χ2v) is 7.49. The highest BCUT2D eigenvalue weighted by Gasteiger charge is 2.36. The first-order chi connectivity index (χ1) is 10.5. The Kier molecular flexibility index (Phi) is 4.35. The molecule has 2 aliphatic rings. The summed E-state index contributed by atoms with van der Waals surface area (Å²) in [6.07, 6.45) is 7.83. The van der Waals surface area contributed by atoms with E-state index in [1.54, 1.807) is 14.2 Å². The van der Waals surface area contributed by atoms with Crippen LogP contribution in [0.4, 0.5) is 0 Å². The number of hydrogen-bond donors (Lipinski definition) is 1. The largest absolute Gasteiger partial charge is 0.493 e. The maximum absolute atomic E-state index is 5.54. The molecule has 22 heavy (non-hydrogen) atoms. The van der Waals surface area contributed by atoms with Gasteiger partial charge in [-0.25, -0.2) is 0 Å². The molecule has 1 saturated carbocycles. The molecule has 1 aromatic carbocycles. The molecule has 122 valence electrons. The number of ether oxygens (including phenoxy) is 2. The van der Waals surface area contributed by atoms with Crippen LogP contribution >= 0.6 is 0 Å². The van der Waals surface area contributed by atoms with Crippen LogP contribution in [-0.4, -0.2) is 19.8 Å². The van der Waals surface area contributed by atoms with Gasteiger partial charge in [-0.15, -0.1) is 0 Å². The van der Waals surface area contributed by atoms with Gasteiger partial charge in [0, 0.05) is 11.6 Å². The van der Waals surface area contributed by atoms with Crippen LogP contribution in [0.2, 0.25) is 0 Å². The van der Waals surface area contributed by atoms with Gasteiger partial charge >= 0.3 is 0 Å². The topological polar surface area (TPSA) is 30.5 Å². The van der Waals surface area contributed by atoms with E-state index in [0.717, 1.165) is 23.8 Å². The Morgan fingerprint density at radius 1 is 1.00 bits per heavy atom. The predicted octanol–water partition coefficient (Wildman–Crippen LogP) is 4.25. The lowest BCUT2D eigenvalue weighted by Gasteiger charge is -2.43. The molecule has 1 aliphatic carbocycles. The van der Waals surface area contributed by atoms with Crippen LogP contribution < -0.4 is 14.8 Å². The van der Waals surface area contributed by atoms with Gasteiger partial charge in [0.25, 0.3) is 0 Å². The van der Waals surface area contributed by atoms with E-state index in [1.165, 1.54) is 43.2 Å². The van der Waals surface area contributed by atoms with Gasteiger partial charge in [0.15, 0.2) is 11.5 Å². The molecule has 0 radical (unpaired) electrons. The molecule has 1 aromatic rings. The minimum atomic E-state index is 0.134. The van der Waals surface area contributed by atoms with Gasteiger partial charge in [0.05, 0.1) is 14.2 Å². The van der Waals surface area contributed by atoms with E-state index in [9.17, 15) is 0 Å². The quantitative estimate of drug-likeness (QED) is 0.905. The smallest absolute Gasteiger partial charge is 0.161 e. The van der Waals surface area contributed by atoms with E-state index in [1.807, 2.05) is 0 Å². The van der Waals surface area contributed by atoms with E-state index in [-0.39, 0.29) is 5.54 Å². The van der Waals surface area contributed by atoms with E-state index in [0.29, 0.717) is 6.04 Å². The van der Waals surface area contributed by atoms with E-state index in [2.05, 4.69) is 31.3 Å². The Bertz CT molecular complexity index is 532. The zero-order valence-electron chi connectivity index (χ0n) is 14.4. The fourth-order valence-corrected chi connectivity index (χ4v) is 4.24. The molecule has 0 bridgehead atoms. The SMILES string of the molecule is COc1cc2c(cc1OC)[C@H](C1CCCCC1)NC(C)(C)C2. The number of hydrogen-bond acceptors (Lipinski definition) is 3. The molecule has 0 amide bonds. The average Bonchev–Trinajstić information content (AvgIpc) is 2.53. The lowest BCUT2D eigenvalue weighted by molar-refractivity contribution is 0.205. The van der Waals surface area contributed by atoms with Crippen molar-refractivity contribution in [3.05, 3.63) is 23.3 Å². The molecule has 1 aliphatic heterocycles. The van der Waals surface area contributed by atoms with Crippen molar-refractivity contribution >= 4 is 0 Å². The van der Waals surface area contributed by atoms with E-state index < -0.39 is 0 Å². The maximum atomic E-state index is 5.54. The van der Waals surface area contributed by atoms with Crippen molar-refractivity contribution in [1.82, 2.24) is 5.32 Å². The zero-order valence-corrected chi connectivity index (χ0v) is 14.4. The summed E-state index contributed by atoms with van der Waals surface area (Å²) in [5.74, 6) is 2.44. The number of benzene rings is 1. The molecule has 1 fully saturated rings. The summed E-state index contributed by atoms with van der Waals surface area (Å²) in [5.41, 5.74) is 2.97. The summed E-state index contributed by atoms with van der Waals surface area (Å²) in [7, 11) is 3.44. The van der Waals surface area contributed by atoms with Crippen LogP contribution in [0.15, 0.2) is 12.1 Å². The lowest BCUT2D eigenvalue weighted by atomic mass is 9.74. The highest BCUT2D eigenvalue weighted by Crippen LogP contribution is 2.44. The van der Waals surface area contributed by atoms with Crippen LogP contribution in [0.5, 0.6) is 11.5 Å². The van der Waals surface area contributed by atoms with Crippen molar-refractivity contribution < 1.29 is 9.47 Å². The Balaban J connectivity index is 2.02. The molecule has 0 unspecified atom stereocenters. The molecule has 1 atom stereocenters. The van der Waals surface area contributed by atoms with Gasteiger partial charge in [-0.05, 0) is 62.3 Å². The van der Waals surface area contributed by atoms with E-state index >= 15 is 0 Å². The summed E-state index contributed by atoms with van der Waals surface area (Å²) in [4.78, 5) is 0. The van der Waals surface area contributed by atoms with Gasteiger partial charge in [0.2, 0.25) is 0 Å². The summed E-state index contributed by atoms with van der Waals surface area (Å²) in [5, 5.41) is 3.91. The first kappa shape index (κ1) is 15.7. The number of methoxy groups -OCH3 is 2. The minimum Gasteiger partial charge on any atom is -0.493 e. The average molecular weight is 303 g/mol. The molecule has 1 heterocycles. The van der Waals surface area contributed by atoms with Crippen LogP contribution in [-0.2, 0) is 6.42 Å². The Labute approximate surface area is 134 Å². The molecular weight excluding hydrogens is 274 g/mol. The summed E-state index contributed by atoms with van der Waals surface area (Å²) < 4.78 is 11.0. The monoisotopic (exact) mass is 303 g/mol. The van der Waals surface area contributed by atoms with Gasteiger partial charge in [-0.3, -0.25) is 0 Å². The molecular formula is C19H29NO2. The molecule has 1 N–H and O–H groups in total. The fraction of sp³-hybridized carbons (Fsp3) is 0.684. The number of rotatable bonds is 3. The third kappa shape index (κ3) is 2.96. The maximum Gasteiger partial charge on any atom is 0.161 e. The molecule has 3 heteroatoms. The summed E-state index contributed by atoms with van der Waals surface area (Å²) in [6.45, 7) is 4.62. The van der Waals surface area contributed by atoms with Gasteiger partial charge < -0.3 is 14.8 Å². The van der Waals surface area contributed by atoms with Crippen LogP contribution in [0.1, 0.15) is 63.1 Å². The standard InChI is InChI=1S/C19H29NO2/c1-19(2)12-14-10-16(21-3)17(22-4)11-15(14)18(20-19)13-8-6-5-7-9-13/h10-11,13,18,20H,5-9,12H2,1-4H3/t18-/m0/s1. The van der Waals surface area contributed by atoms with Crippen LogP contribution in [0, 0.1) is 5.92 Å². The first-order valence-corrected chi connectivity index (χ1v) is 8.56. The first-order valence-electron chi connectivity index (χ1n) is 8.56. The van der Waals surface area contributed by atoms with E-state index in [4.69, 9.17) is 9.47 Å². The predicted molar refractivity (Wildman–Crippen MR) is 89.8 cm³/mol. The van der Waals surface area contributed by atoms with Crippen molar-refractivity contribution in [2.75, 3.05) is 14.2 Å².